The quantitative estimate of drug-likeness (QED) is 0.447. The summed E-state index contributed by atoms with van der Waals surface area (Å²) in [6, 6.07) is 12.3. The molecule has 0 unspecified atom stereocenters. The van der Waals surface area contributed by atoms with E-state index in [4.69, 9.17) is 0 Å². The number of hydrogen-bond acceptors (Lipinski definition) is 4. The maximum atomic E-state index is 13.0. The summed E-state index contributed by atoms with van der Waals surface area (Å²) in [5.74, 6) is 0.533. The monoisotopic (exact) mass is 472 g/mol. The third-order valence-corrected chi connectivity index (χ3v) is 6.37. The van der Waals surface area contributed by atoms with Gasteiger partial charge in [-0.1, -0.05) is 36.4 Å². The number of nitrogens with one attached hydrogen (secondary N) is 1. The fourth-order valence-corrected chi connectivity index (χ4v) is 4.30. The molecule has 9 heteroatoms. The molecule has 2 aromatic carbocycles. The summed E-state index contributed by atoms with van der Waals surface area (Å²) < 4.78 is 38.9. The fraction of sp³-hybridized carbons (Fsp3) is 0.400. The summed E-state index contributed by atoms with van der Waals surface area (Å²) >= 11 is 0. The van der Waals surface area contributed by atoms with Crippen LogP contribution in [0.4, 0.5) is 23.8 Å². The number of fused-ring (bicyclic) bond motifs is 1. The van der Waals surface area contributed by atoms with Crippen molar-refractivity contribution in [3.05, 3.63) is 54.1 Å². The van der Waals surface area contributed by atoms with Crippen molar-refractivity contribution in [3.8, 4) is 11.3 Å². The van der Waals surface area contributed by atoms with E-state index in [9.17, 15) is 23.1 Å². The van der Waals surface area contributed by atoms with E-state index >= 15 is 0 Å². The highest BCUT2D eigenvalue weighted by molar-refractivity contribution is 6.00. The van der Waals surface area contributed by atoms with Crippen molar-refractivity contribution in [1.29, 1.82) is 0 Å². The number of hydrogen-bond donors (Lipinski definition) is 2. The zero-order valence-corrected chi connectivity index (χ0v) is 19.3. The van der Waals surface area contributed by atoms with Crippen LogP contribution in [0.3, 0.4) is 0 Å². The number of benzene rings is 2. The van der Waals surface area contributed by atoms with Gasteiger partial charge < -0.3 is 15.3 Å². The Balaban J connectivity index is 1.69. The summed E-state index contributed by atoms with van der Waals surface area (Å²) in [4.78, 5) is 13.4. The van der Waals surface area contributed by atoms with Crippen LogP contribution in [0.1, 0.15) is 45.6 Å². The van der Waals surface area contributed by atoms with Gasteiger partial charge in [-0.05, 0) is 52.2 Å². The predicted octanol–water partition coefficient (Wildman–Crippen LogP) is 6.43. The van der Waals surface area contributed by atoms with Crippen LogP contribution in [0.25, 0.3) is 22.0 Å². The second kappa shape index (κ2) is 8.45. The number of halogens is 3. The van der Waals surface area contributed by atoms with Crippen molar-refractivity contribution in [3.63, 3.8) is 0 Å². The number of rotatable bonds is 5. The summed E-state index contributed by atoms with van der Waals surface area (Å²) in [6.07, 6.45) is -2.82. The summed E-state index contributed by atoms with van der Waals surface area (Å²) in [6.45, 7) is 5.90. The maximum Gasteiger partial charge on any atom is 0.416 e. The van der Waals surface area contributed by atoms with Crippen LogP contribution in [-0.4, -0.2) is 43.9 Å². The van der Waals surface area contributed by atoms with Gasteiger partial charge in [0.15, 0.2) is 5.82 Å². The lowest BCUT2D eigenvalue weighted by Crippen LogP contribution is -2.59. The first-order valence-corrected chi connectivity index (χ1v) is 11.1. The molecule has 0 atom stereocenters. The molecule has 180 valence electrons. The van der Waals surface area contributed by atoms with Crippen LogP contribution >= 0.6 is 0 Å². The van der Waals surface area contributed by atoms with Crippen LogP contribution in [0.15, 0.2) is 48.5 Å². The molecule has 0 aliphatic heterocycles. The summed E-state index contributed by atoms with van der Waals surface area (Å²) in [5, 5.41) is 23.5. The lowest BCUT2D eigenvalue weighted by molar-refractivity contribution is -0.137. The van der Waals surface area contributed by atoms with Gasteiger partial charge in [-0.15, -0.1) is 10.2 Å². The minimum atomic E-state index is -4.41. The number of carbonyl (C=O) groups is 1. The van der Waals surface area contributed by atoms with Crippen molar-refractivity contribution >= 4 is 22.7 Å². The van der Waals surface area contributed by atoms with Gasteiger partial charge in [-0.25, -0.2) is 4.79 Å². The minimum absolute atomic E-state index is 0.308. The van der Waals surface area contributed by atoms with Gasteiger partial charge in [0.25, 0.3) is 0 Å². The van der Waals surface area contributed by atoms with E-state index in [1.54, 1.807) is 0 Å². The molecule has 0 spiro atoms. The maximum absolute atomic E-state index is 13.0. The molecular weight excluding hydrogens is 445 g/mol. The van der Waals surface area contributed by atoms with Gasteiger partial charge in [0.1, 0.15) is 5.69 Å². The zero-order chi connectivity index (χ0) is 24.7. The van der Waals surface area contributed by atoms with Crippen molar-refractivity contribution < 1.29 is 23.1 Å². The number of alkyl halides is 3. The van der Waals surface area contributed by atoms with Gasteiger partial charge in [-0.2, -0.15) is 13.2 Å². The lowest BCUT2D eigenvalue weighted by atomic mass is 9.75. The molecule has 0 bridgehead atoms. The Morgan fingerprint density at radius 1 is 1.03 bits per heavy atom. The van der Waals surface area contributed by atoms with Gasteiger partial charge in [-0.3, -0.25) is 0 Å². The fourth-order valence-electron chi connectivity index (χ4n) is 4.30. The van der Waals surface area contributed by atoms with E-state index in [1.165, 1.54) is 17.0 Å². The highest BCUT2D eigenvalue weighted by atomic mass is 19.4. The Kier molecular flexibility index (Phi) is 5.91. The van der Waals surface area contributed by atoms with Crippen LogP contribution < -0.4 is 5.32 Å². The molecule has 34 heavy (non-hydrogen) atoms. The Labute approximate surface area is 195 Å². The topological polar surface area (TPSA) is 78.3 Å². The first-order valence-electron chi connectivity index (χ1n) is 11.1. The largest absolute Gasteiger partial charge is 0.465 e. The Morgan fingerprint density at radius 2 is 1.65 bits per heavy atom. The predicted molar refractivity (Wildman–Crippen MR) is 125 cm³/mol. The van der Waals surface area contributed by atoms with E-state index in [-0.39, 0.29) is 0 Å². The van der Waals surface area contributed by atoms with Crippen LogP contribution in [-0.2, 0) is 6.18 Å². The summed E-state index contributed by atoms with van der Waals surface area (Å²) in [7, 11) is 0. The molecule has 1 fully saturated rings. The van der Waals surface area contributed by atoms with E-state index in [0.717, 1.165) is 42.2 Å². The van der Waals surface area contributed by atoms with Crippen LogP contribution in [0, 0.1) is 0 Å². The van der Waals surface area contributed by atoms with Gasteiger partial charge in [0, 0.05) is 28.4 Å². The standard InChI is InChI=1S/C25H27F3N4O2/c1-23(2,3)32(22(33)34)15-24(13-6-14-24)29-21-19-8-5-4-7-18(19)20(30-31-21)16-9-11-17(12-10-16)25(26,27)28/h4-5,7-12H,6,13-15H2,1-3H3,(H,29,31)(H,33,34). The second-order valence-electron chi connectivity index (χ2n) is 9.82. The number of carboxylic acid groups (broad SMARTS) is 1. The molecule has 0 radical (unpaired) electrons. The third kappa shape index (κ3) is 4.64. The molecule has 0 saturated heterocycles. The number of amides is 1. The molecule has 1 aliphatic carbocycles. The number of anilines is 1. The first-order chi connectivity index (χ1) is 15.9. The smallest absolute Gasteiger partial charge is 0.416 e. The molecule has 4 rings (SSSR count). The first kappa shape index (κ1) is 23.8. The van der Waals surface area contributed by atoms with E-state index in [2.05, 4.69) is 15.5 Å². The van der Waals surface area contributed by atoms with Gasteiger partial charge in [0.05, 0.1) is 11.1 Å². The van der Waals surface area contributed by atoms with Gasteiger partial charge in [0.2, 0.25) is 0 Å². The SMILES string of the molecule is CC(C)(C)N(CC1(Nc2nnc(-c3ccc(C(F)(F)F)cc3)c3ccccc23)CCC1)C(=O)O. The third-order valence-electron chi connectivity index (χ3n) is 6.37. The van der Waals surface area contributed by atoms with Crippen molar-refractivity contribution in [2.75, 3.05) is 11.9 Å². The molecule has 3 aromatic rings. The molecular formula is C25H27F3N4O2. The highest BCUT2D eigenvalue weighted by Crippen LogP contribution is 2.40. The van der Waals surface area contributed by atoms with Crippen LogP contribution in [0.2, 0.25) is 0 Å². The van der Waals surface area contributed by atoms with Crippen molar-refractivity contribution in [2.45, 2.75) is 57.3 Å². The Hall–Kier alpha value is -3.36. The van der Waals surface area contributed by atoms with E-state index in [0.29, 0.717) is 23.6 Å². The van der Waals surface area contributed by atoms with Gasteiger partial charge >= 0.3 is 12.3 Å². The molecule has 1 aliphatic rings. The average Bonchev–Trinajstić information content (AvgIpc) is 2.74. The number of aromatic nitrogens is 2. The Morgan fingerprint density at radius 3 is 2.15 bits per heavy atom. The lowest BCUT2D eigenvalue weighted by Gasteiger charge is -2.48. The minimum Gasteiger partial charge on any atom is -0.465 e. The zero-order valence-electron chi connectivity index (χ0n) is 19.3. The molecule has 1 amide bonds. The van der Waals surface area contributed by atoms with E-state index in [1.807, 2.05) is 45.0 Å². The van der Waals surface area contributed by atoms with E-state index < -0.39 is 28.9 Å². The highest BCUT2D eigenvalue weighted by Gasteiger charge is 2.43. The molecule has 2 N–H and O–H groups in total. The number of nitrogens with zero attached hydrogens (tertiary/aromatic N) is 3. The second-order valence-corrected chi connectivity index (χ2v) is 9.82. The molecule has 6 nitrogen and oxygen atoms in total. The summed E-state index contributed by atoms with van der Waals surface area (Å²) in [5.41, 5.74) is -0.721. The van der Waals surface area contributed by atoms with Crippen LogP contribution in [0.5, 0.6) is 0 Å². The average molecular weight is 473 g/mol. The normalized spacial score (nSPS) is 15.6. The van der Waals surface area contributed by atoms with Crippen molar-refractivity contribution in [2.24, 2.45) is 0 Å². The molecule has 1 saturated carbocycles. The molecule has 1 heterocycles. The van der Waals surface area contributed by atoms with Crippen molar-refractivity contribution in [1.82, 2.24) is 15.1 Å². The molecule has 1 aromatic heterocycles. The Bertz CT molecular complexity index is 1200.